The minimum atomic E-state index is -0.857. The van der Waals surface area contributed by atoms with Crippen LogP contribution < -0.4 is 0 Å². The molecule has 0 bridgehead atoms. The average Bonchev–Trinajstić information content (AvgIpc) is 3.40. The molecule has 8 atom stereocenters. The van der Waals surface area contributed by atoms with Crippen LogP contribution in [0, 0.1) is 52.8 Å². The van der Waals surface area contributed by atoms with Gasteiger partial charge in [0.2, 0.25) is 0 Å². The summed E-state index contributed by atoms with van der Waals surface area (Å²) in [4.78, 5) is 17.3. The van der Waals surface area contributed by atoms with E-state index in [-0.39, 0.29) is 17.9 Å². The molecule has 5 heteroatoms. The van der Waals surface area contributed by atoms with Crippen molar-refractivity contribution in [2.75, 3.05) is 6.61 Å². The molecule has 4 aliphatic carbocycles. The molecular formula is C27H38N2O3. The standard InChI is InChI=1S/C27H38N2O3/c1-26-11-8-21-20-9-12-27(32,10-2-3-15-30)16-19(20)4-5-22(21)23(26)6-7-24(26)25(31)17-29-14-13-28-18-29/h13-14,18-24,30,32H,3-9,11-12,15-17H2,1H3/t19?,20-,21?,22+,23-,24+,26-,27+/m0/s1. The summed E-state index contributed by atoms with van der Waals surface area (Å²) >= 11 is 0. The van der Waals surface area contributed by atoms with E-state index in [1.807, 2.05) is 10.8 Å². The molecule has 2 N–H and O–H groups in total. The number of fused-ring (bicyclic) bond motifs is 5. The van der Waals surface area contributed by atoms with Gasteiger partial charge in [0, 0.05) is 24.7 Å². The molecule has 0 amide bonds. The Hall–Kier alpha value is -1.64. The zero-order valence-electron chi connectivity index (χ0n) is 19.4. The molecule has 0 aliphatic heterocycles. The Morgan fingerprint density at radius 1 is 1.12 bits per heavy atom. The highest BCUT2D eigenvalue weighted by atomic mass is 16.3. The third-order valence-electron chi connectivity index (χ3n) is 9.85. The van der Waals surface area contributed by atoms with Gasteiger partial charge in [-0.25, -0.2) is 4.98 Å². The monoisotopic (exact) mass is 438 g/mol. The predicted molar refractivity (Wildman–Crippen MR) is 122 cm³/mol. The van der Waals surface area contributed by atoms with E-state index in [1.54, 1.807) is 12.5 Å². The lowest BCUT2D eigenvalue weighted by Gasteiger charge is -2.56. The van der Waals surface area contributed by atoms with Crippen LogP contribution in [0.15, 0.2) is 18.7 Å². The maximum absolute atomic E-state index is 13.2. The van der Waals surface area contributed by atoms with E-state index in [9.17, 15) is 9.90 Å². The second kappa shape index (κ2) is 8.61. The fraction of sp³-hybridized carbons (Fsp3) is 0.778. The first-order chi connectivity index (χ1) is 15.4. The number of carbonyl (C=O) groups excluding carboxylic acids is 1. The maximum Gasteiger partial charge on any atom is 0.156 e. The van der Waals surface area contributed by atoms with Crippen molar-refractivity contribution in [3.8, 4) is 11.8 Å². The SMILES string of the molecule is C[C@]12CCC3[C@H]4CC[C@](O)(C#CCCO)CC4CC[C@H]3[C@@H]1CC[C@@H]2C(=O)Cn1ccnc1. The molecule has 4 fully saturated rings. The maximum atomic E-state index is 13.2. The molecule has 0 radical (unpaired) electrons. The number of aliphatic hydroxyl groups excluding tert-OH is 1. The van der Waals surface area contributed by atoms with Crippen LogP contribution >= 0.6 is 0 Å². The summed E-state index contributed by atoms with van der Waals surface area (Å²) in [7, 11) is 0. The van der Waals surface area contributed by atoms with Crippen LogP contribution in [-0.4, -0.2) is 37.8 Å². The van der Waals surface area contributed by atoms with Crippen LogP contribution in [0.3, 0.4) is 0 Å². The van der Waals surface area contributed by atoms with Crippen molar-refractivity contribution in [1.29, 1.82) is 0 Å². The van der Waals surface area contributed by atoms with Crippen LogP contribution in [0.4, 0.5) is 0 Å². The molecule has 4 aliphatic rings. The van der Waals surface area contributed by atoms with Gasteiger partial charge in [0.15, 0.2) is 5.78 Å². The van der Waals surface area contributed by atoms with Gasteiger partial charge < -0.3 is 14.8 Å². The van der Waals surface area contributed by atoms with Crippen molar-refractivity contribution in [3.05, 3.63) is 18.7 Å². The molecule has 1 aromatic rings. The van der Waals surface area contributed by atoms with E-state index in [1.165, 1.54) is 32.1 Å². The van der Waals surface area contributed by atoms with Gasteiger partial charge >= 0.3 is 0 Å². The van der Waals surface area contributed by atoms with E-state index in [2.05, 4.69) is 23.7 Å². The Morgan fingerprint density at radius 2 is 1.97 bits per heavy atom. The van der Waals surface area contributed by atoms with E-state index < -0.39 is 5.60 Å². The third-order valence-corrected chi connectivity index (χ3v) is 9.85. The van der Waals surface area contributed by atoms with Gasteiger partial charge in [-0.1, -0.05) is 18.8 Å². The summed E-state index contributed by atoms with van der Waals surface area (Å²) in [6.07, 6.45) is 15.6. The van der Waals surface area contributed by atoms with Crippen LogP contribution in [-0.2, 0) is 11.3 Å². The topological polar surface area (TPSA) is 75.3 Å². The Kier molecular flexibility index (Phi) is 5.97. The lowest BCUT2D eigenvalue weighted by molar-refractivity contribution is -0.132. The molecule has 1 aromatic heterocycles. The highest BCUT2D eigenvalue weighted by molar-refractivity contribution is 5.82. The fourth-order valence-corrected chi connectivity index (χ4v) is 8.47. The Balaban J connectivity index is 1.27. The number of nitrogens with zero attached hydrogens (tertiary/aromatic N) is 2. The first-order valence-electron chi connectivity index (χ1n) is 12.8. The quantitative estimate of drug-likeness (QED) is 0.701. The number of aliphatic hydroxyl groups is 2. The van der Waals surface area contributed by atoms with E-state index in [4.69, 9.17) is 5.11 Å². The van der Waals surface area contributed by atoms with E-state index >= 15 is 0 Å². The van der Waals surface area contributed by atoms with Crippen molar-refractivity contribution >= 4 is 5.78 Å². The lowest BCUT2D eigenvalue weighted by Crippen LogP contribution is -2.51. The normalized spacial score (nSPS) is 42.8. The van der Waals surface area contributed by atoms with E-state index in [0.717, 1.165) is 37.5 Å². The summed E-state index contributed by atoms with van der Waals surface area (Å²) in [5.74, 6) is 10.1. The van der Waals surface area contributed by atoms with Gasteiger partial charge in [-0.05, 0) is 92.8 Å². The first kappa shape index (κ1) is 22.2. The number of aromatic nitrogens is 2. The Labute approximate surface area is 192 Å². The third kappa shape index (κ3) is 3.84. The molecule has 4 saturated carbocycles. The number of Topliss-reactive ketones (excluding diaryl/α,β-unsaturated/α-hetero) is 1. The van der Waals surface area contributed by atoms with Crippen LogP contribution in [0.2, 0.25) is 0 Å². The molecule has 32 heavy (non-hydrogen) atoms. The summed E-state index contributed by atoms with van der Waals surface area (Å²) in [6, 6.07) is 0. The number of carbonyl (C=O) groups is 1. The van der Waals surface area contributed by atoms with Crippen molar-refractivity contribution in [2.45, 2.75) is 83.3 Å². The van der Waals surface area contributed by atoms with Crippen molar-refractivity contribution in [2.24, 2.45) is 40.9 Å². The second-order valence-electron chi connectivity index (χ2n) is 11.4. The minimum Gasteiger partial charge on any atom is -0.395 e. The van der Waals surface area contributed by atoms with Crippen LogP contribution in [0.25, 0.3) is 0 Å². The smallest absolute Gasteiger partial charge is 0.156 e. The highest BCUT2D eigenvalue weighted by Gasteiger charge is 2.58. The molecule has 0 saturated heterocycles. The number of hydrogen-bond acceptors (Lipinski definition) is 4. The fourth-order valence-electron chi connectivity index (χ4n) is 8.47. The largest absolute Gasteiger partial charge is 0.395 e. The predicted octanol–water partition coefficient (Wildman–Crippen LogP) is 3.84. The van der Waals surface area contributed by atoms with Gasteiger partial charge in [-0.3, -0.25) is 4.79 Å². The van der Waals surface area contributed by atoms with Crippen molar-refractivity contribution in [3.63, 3.8) is 0 Å². The molecular weight excluding hydrogens is 400 g/mol. The molecule has 0 aromatic carbocycles. The Morgan fingerprint density at radius 3 is 2.75 bits per heavy atom. The van der Waals surface area contributed by atoms with Gasteiger partial charge in [0.1, 0.15) is 5.60 Å². The molecule has 2 unspecified atom stereocenters. The number of imidazole rings is 1. The Bertz CT molecular complexity index is 886. The summed E-state index contributed by atoms with van der Waals surface area (Å²) in [6.45, 7) is 2.94. The van der Waals surface area contributed by atoms with Gasteiger partial charge in [0.05, 0.1) is 19.5 Å². The average molecular weight is 439 g/mol. The van der Waals surface area contributed by atoms with Crippen LogP contribution in [0.5, 0.6) is 0 Å². The number of ketones is 1. The van der Waals surface area contributed by atoms with Crippen molar-refractivity contribution < 1.29 is 15.0 Å². The minimum absolute atomic E-state index is 0.0604. The number of hydrogen-bond donors (Lipinski definition) is 2. The van der Waals surface area contributed by atoms with E-state index in [0.29, 0.717) is 36.5 Å². The van der Waals surface area contributed by atoms with Gasteiger partial charge in [0.25, 0.3) is 0 Å². The highest BCUT2D eigenvalue weighted by Crippen LogP contribution is 2.64. The molecule has 0 spiro atoms. The summed E-state index contributed by atoms with van der Waals surface area (Å²) in [5, 5.41) is 20.0. The first-order valence-corrected chi connectivity index (χ1v) is 12.8. The van der Waals surface area contributed by atoms with Gasteiger partial charge in [-0.2, -0.15) is 0 Å². The zero-order valence-corrected chi connectivity index (χ0v) is 19.4. The zero-order chi connectivity index (χ0) is 22.3. The molecule has 5 nitrogen and oxygen atoms in total. The summed E-state index contributed by atoms with van der Waals surface area (Å²) in [5.41, 5.74) is -0.707. The molecule has 1 heterocycles. The second-order valence-corrected chi connectivity index (χ2v) is 11.4. The summed E-state index contributed by atoms with van der Waals surface area (Å²) < 4.78 is 1.92. The number of rotatable bonds is 4. The van der Waals surface area contributed by atoms with Crippen molar-refractivity contribution in [1.82, 2.24) is 9.55 Å². The lowest BCUT2D eigenvalue weighted by atomic mass is 9.49. The van der Waals surface area contributed by atoms with Crippen LogP contribution in [0.1, 0.15) is 71.1 Å². The molecule has 5 rings (SSSR count). The molecule has 174 valence electrons. The van der Waals surface area contributed by atoms with Gasteiger partial charge in [-0.15, -0.1) is 0 Å².